The van der Waals surface area contributed by atoms with Crippen LogP contribution < -0.4 is 0 Å². The van der Waals surface area contributed by atoms with Crippen molar-refractivity contribution < 1.29 is 18.7 Å². The van der Waals surface area contributed by atoms with Gasteiger partial charge in [-0.15, -0.1) is 0 Å². The molecular weight excluding hydrogens is 368 g/mol. The Morgan fingerprint density at radius 2 is 2.00 bits per heavy atom. The number of aryl methyl sites for hydroxylation is 1. The fourth-order valence-corrected chi connectivity index (χ4v) is 3.60. The number of aromatic nitrogens is 2. The number of amides is 3. The third-order valence-electron chi connectivity index (χ3n) is 5.00. The van der Waals surface area contributed by atoms with Gasteiger partial charge in [0.05, 0.1) is 6.54 Å². The first-order valence-corrected chi connectivity index (χ1v) is 9.69. The zero-order valence-corrected chi connectivity index (χ0v) is 16.7. The van der Waals surface area contributed by atoms with Crippen molar-refractivity contribution >= 4 is 17.6 Å². The van der Waals surface area contributed by atoms with E-state index in [1.54, 1.807) is 10.7 Å². The summed E-state index contributed by atoms with van der Waals surface area (Å²) in [5.74, 6) is 0.310. The van der Waals surface area contributed by atoms with E-state index < -0.39 is 5.92 Å². The minimum Gasteiger partial charge on any atom is -0.335 e. The maximum atomic E-state index is 13.1. The number of carbonyl (C=O) groups excluding carboxylic acids is 2. The third-order valence-corrected chi connectivity index (χ3v) is 5.00. The predicted molar refractivity (Wildman–Crippen MR) is 107 cm³/mol. The molecule has 2 aliphatic rings. The highest BCUT2D eigenvalue weighted by atomic mass is 16.5. The highest BCUT2D eigenvalue weighted by molar-refractivity contribution is 6.16. The molecule has 1 aromatic carbocycles. The number of nitrogens with zero attached hydrogens (tertiary/aromatic N) is 4. The molecule has 2 heterocycles. The lowest BCUT2D eigenvalue weighted by molar-refractivity contribution is -0.460. The molecule has 0 N–H and O–H groups in total. The molecule has 4 rings (SSSR count). The lowest BCUT2D eigenvalue weighted by Gasteiger charge is -2.27. The van der Waals surface area contributed by atoms with Crippen molar-refractivity contribution in [2.24, 2.45) is 11.8 Å². The second kappa shape index (κ2) is 7.58. The van der Waals surface area contributed by atoms with Crippen molar-refractivity contribution in [1.82, 2.24) is 15.0 Å². The van der Waals surface area contributed by atoms with Crippen LogP contribution in [0.3, 0.4) is 0 Å². The van der Waals surface area contributed by atoms with Crippen LogP contribution >= 0.6 is 0 Å². The van der Waals surface area contributed by atoms with Gasteiger partial charge in [-0.25, -0.2) is 4.79 Å². The molecule has 0 spiro atoms. The average molecular weight is 391 g/mol. The van der Waals surface area contributed by atoms with Crippen molar-refractivity contribution in [2.75, 3.05) is 6.54 Å². The molecule has 2 aromatic rings. The van der Waals surface area contributed by atoms with E-state index in [0.717, 1.165) is 11.1 Å². The number of rotatable bonds is 5. The SMILES string of the molecule is Cc1ccccc1-c1noc(C[N+]2=C3C=CC=CC3C(=O)N(CC(C)C)C2=O)n1. The van der Waals surface area contributed by atoms with E-state index in [9.17, 15) is 9.59 Å². The maximum absolute atomic E-state index is 13.1. The van der Waals surface area contributed by atoms with Crippen molar-refractivity contribution in [3.8, 4) is 11.4 Å². The molecule has 148 valence electrons. The first kappa shape index (κ1) is 19.0. The molecule has 1 aliphatic carbocycles. The lowest BCUT2D eigenvalue weighted by atomic mass is 9.94. The Balaban J connectivity index is 1.69. The van der Waals surface area contributed by atoms with Crippen molar-refractivity contribution in [3.05, 3.63) is 60.0 Å². The zero-order valence-electron chi connectivity index (χ0n) is 16.7. The van der Waals surface area contributed by atoms with E-state index in [1.807, 2.05) is 63.3 Å². The van der Waals surface area contributed by atoms with Crippen LogP contribution in [0.15, 0.2) is 53.1 Å². The minimum atomic E-state index is -0.477. The summed E-state index contributed by atoms with van der Waals surface area (Å²) in [6.07, 6.45) is 7.27. The van der Waals surface area contributed by atoms with E-state index in [0.29, 0.717) is 24.0 Å². The minimum absolute atomic E-state index is 0.115. The van der Waals surface area contributed by atoms with Gasteiger partial charge in [-0.1, -0.05) is 61.5 Å². The topological polar surface area (TPSA) is 79.3 Å². The normalized spacial score (nSPS) is 18.8. The van der Waals surface area contributed by atoms with Crippen LogP contribution in [-0.4, -0.2) is 43.8 Å². The smallest absolute Gasteiger partial charge is 0.335 e. The fraction of sp³-hybridized carbons (Fsp3) is 0.318. The molecule has 0 saturated carbocycles. The molecule has 1 unspecified atom stereocenters. The van der Waals surface area contributed by atoms with Crippen LogP contribution in [0.5, 0.6) is 0 Å². The number of benzene rings is 1. The van der Waals surface area contributed by atoms with Crippen LogP contribution in [0.1, 0.15) is 25.3 Å². The van der Waals surface area contributed by atoms with Crippen LogP contribution in [0.25, 0.3) is 11.4 Å². The molecular formula is C22H23N4O3+. The maximum Gasteiger partial charge on any atom is 0.501 e. The Morgan fingerprint density at radius 1 is 1.21 bits per heavy atom. The van der Waals surface area contributed by atoms with Gasteiger partial charge in [0.25, 0.3) is 5.89 Å². The van der Waals surface area contributed by atoms with Crippen molar-refractivity contribution in [3.63, 3.8) is 0 Å². The molecule has 3 amide bonds. The third kappa shape index (κ3) is 3.55. The predicted octanol–water partition coefficient (Wildman–Crippen LogP) is 3.36. The highest BCUT2D eigenvalue weighted by Gasteiger charge is 2.47. The monoisotopic (exact) mass is 391 g/mol. The van der Waals surface area contributed by atoms with Gasteiger partial charge in [0, 0.05) is 5.56 Å². The van der Waals surface area contributed by atoms with E-state index in [-0.39, 0.29) is 24.4 Å². The van der Waals surface area contributed by atoms with Crippen LogP contribution in [0.4, 0.5) is 4.79 Å². The number of urea groups is 1. The molecule has 0 bridgehead atoms. The first-order valence-electron chi connectivity index (χ1n) is 9.69. The Bertz CT molecular complexity index is 1060. The summed E-state index contributed by atoms with van der Waals surface area (Å²) in [6.45, 7) is 6.42. The summed E-state index contributed by atoms with van der Waals surface area (Å²) >= 11 is 0. The second-order valence-electron chi connectivity index (χ2n) is 7.68. The number of fused-ring (bicyclic) bond motifs is 1. The summed E-state index contributed by atoms with van der Waals surface area (Å²) in [4.78, 5) is 31.8. The summed E-state index contributed by atoms with van der Waals surface area (Å²) in [7, 11) is 0. The number of allylic oxidation sites excluding steroid dienone is 3. The number of hydrogen-bond donors (Lipinski definition) is 0. The largest absolute Gasteiger partial charge is 0.501 e. The van der Waals surface area contributed by atoms with E-state index in [1.165, 1.54) is 4.90 Å². The Labute approximate surface area is 169 Å². The Kier molecular flexibility index (Phi) is 4.96. The number of hydrogen-bond acceptors (Lipinski definition) is 5. The molecule has 0 saturated heterocycles. The molecule has 1 atom stereocenters. The molecule has 1 aromatic heterocycles. The molecule has 0 radical (unpaired) electrons. The van der Waals surface area contributed by atoms with Crippen LogP contribution in [0.2, 0.25) is 0 Å². The van der Waals surface area contributed by atoms with Gasteiger partial charge in [0.15, 0.2) is 6.54 Å². The zero-order chi connectivity index (χ0) is 20.5. The standard InChI is InChI=1S/C22H23N4O3/c1-14(2)12-26-21(27)17-10-6-7-11-18(17)25(22(26)28)13-19-23-20(24-29-19)16-9-5-4-8-15(16)3/h4-11,14,17H,12-13H2,1-3H3/q+1. The van der Waals surface area contributed by atoms with E-state index >= 15 is 0 Å². The molecule has 7 heteroatoms. The van der Waals surface area contributed by atoms with E-state index in [4.69, 9.17) is 4.52 Å². The molecule has 29 heavy (non-hydrogen) atoms. The fourth-order valence-electron chi connectivity index (χ4n) is 3.60. The average Bonchev–Trinajstić information content (AvgIpc) is 3.17. The molecule has 7 nitrogen and oxygen atoms in total. The first-order chi connectivity index (χ1) is 14.0. The number of carbonyl (C=O) groups is 2. The van der Waals surface area contributed by atoms with Gasteiger partial charge < -0.3 is 4.52 Å². The Hall–Kier alpha value is -3.35. The Morgan fingerprint density at radius 3 is 2.76 bits per heavy atom. The van der Waals surface area contributed by atoms with Crippen LogP contribution in [0, 0.1) is 18.8 Å². The second-order valence-corrected chi connectivity index (χ2v) is 7.68. The summed E-state index contributed by atoms with van der Waals surface area (Å²) in [5, 5.41) is 4.08. The van der Waals surface area contributed by atoms with Gasteiger partial charge in [-0.2, -0.15) is 19.3 Å². The van der Waals surface area contributed by atoms with Gasteiger partial charge in [-0.05, 0) is 24.5 Å². The van der Waals surface area contributed by atoms with Crippen LogP contribution in [-0.2, 0) is 11.3 Å². The summed E-state index contributed by atoms with van der Waals surface area (Å²) in [5.41, 5.74) is 2.56. The summed E-state index contributed by atoms with van der Waals surface area (Å²) in [6, 6.07) is 7.42. The van der Waals surface area contributed by atoms with Crippen molar-refractivity contribution in [2.45, 2.75) is 27.3 Å². The van der Waals surface area contributed by atoms with Gasteiger partial charge in [0.1, 0.15) is 11.6 Å². The highest BCUT2D eigenvalue weighted by Crippen LogP contribution is 2.23. The molecule has 0 fully saturated rings. The van der Waals surface area contributed by atoms with Gasteiger partial charge in [0.2, 0.25) is 5.82 Å². The number of imide groups is 1. The summed E-state index contributed by atoms with van der Waals surface area (Å²) < 4.78 is 6.99. The quantitative estimate of drug-likeness (QED) is 0.730. The van der Waals surface area contributed by atoms with Gasteiger partial charge >= 0.3 is 11.9 Å². The molecule has 1 aliphatic heterocycles. The van der Waals surface area contributed by atoms with E-state index in [2.05, 4.69) is 10.1 Å². The lowest BCUT2D eigenvalue weighted by Crippen LogP contribution is -2.55. The van der Waals surface area contributed by atoms with Crippen molar-refractivity contribution in [1.29, 1.82) is 0 Å². The van der Waals surface area contributed by atoms with Gasteiger partial charge in [-0.3, -0.25) is 0 Å².